The van der Waals surface area contributed by atoms with Crippen molar-refractivity contribution in [3.05, 3.63) is 76.5 Å². The number of hydrogen-bond donors (Lipinski definition) is 0. The first-order valence-electron chi connectivity index (χ1n) is 11.1. The van der Waals surface area contributed by atoms with E-state index in [0.29, 0.717) is 11.7 Å². The Kier molecular flexibility index (Phi) is 5.96. The van der Waals surface area contributed by atoms with Gasteiger partial charge in [0.2, 0.25) is 0 Å². The summed E-state index contributed by atoms with van der Waals surface area (Å²) in [4.78, 5) is 17.6. The summed E-state index contributed by atoms with van der Waals surface area (Å²) in [5.74, 6) is 0.0243. The monoisotopic (exact) mass is 416 g/mol. The molecule has 31 heavy (non-hydrogen) atoms. The van der Waals surface area contributed by atoms with Gasteiger partial charge in [0.25, 0.3) is 5.91 Å². The minimum Gasteiger partial charge on any atom is -0.335 e. The van der Waals surface area contributed by atoms with Gasteiger partial charge >= 0.3 is 0 Å². The van der Waals surface area contributed by atoms with E-state index in [9.17, 15) is 4.79 Å². The molecule has 0 bridgehead atoms. The van der Waals surface area contributed by atoms with Crippen LogP contribution in [0.5, 0.6) is 0 Å². The summed E-state index contributed by atoms with van der Waals surface area (Å²) in [7, 11) is 1.92. The van der Waals surface area contributed by atoms with Crippen LogP contribution in [0.3, 0.4) is 0 Å². The summed E-state index contributed by atoms with van der Waals surface area (Å²) in [6, 6.07) is 17.2. The SMILES string of the molecule is Cc1cc(C)c(-c2cc(C(=O)N3CCN([C@@H](C)c4ccccc4)CC3)nn2C)c(C)c1. The Hall–Kier alpha value is -2.92. The highest BCUT2D eigenvalue weighted by Gasteiger charge is 2.27. The van der Waals surface area contributed by atoms with Gasteiger partial charge in [0.1, 0.15) is 0 Å². The van der Waals surface area contributed by atoms with Crippen molar-refractivity contribution in [3.63, 3.8) is 0 Å². The van der Waals surface area contributed by atoms with Crippen LogP contribution in [0.1, 0.15) is 45.7 Å². The van der Waals surface area contributed by atoms with Gasteiger partial charge in [0.05, 0.1) is 5.69 Å². The number of piperazine rings is 1. The Labute approximate surface area is 185 Å². The van der Waals surface area contributed by atoms with Crippen LogP contribution in [-0.4, -0.2) is 51.7 Å². The van der Waals surface area contributed by atoms with Gasteiger partial charge in [-0.3, -0.25) is 14.4 Å². The zero-order chi connectivity index (χ0) is 22.1. The molecule has 1 fully saturated rings. The van der Waals surface area contributed by atoms with Crippen LogP contribution in [0.25, 0.3) is 11.3 Å². The summed E-state index contributed by atoms with van der Waals surface area (Å²) in [5.41, 5.74) is 7.68. The predicted molar refractivity (Wildman–Crippen MR) is 125 cm³/mol. The minimum atomic E-state index is 0.0243. The molecule has 1 aliphatic rings. The summed E-state index contributed by atoms with van der Waals surface area (Å²) in [6.45, 7) is 11.8. The second kappa shape index (κ2) is 8.67. The predicted octanol–water partition coefficient (Wildman–Crippen LogP) is 4.53. The van der Waals surface area contributed by atoms with Gasteiger partial charge in [0, 0.05) is 44.8 Å². The van der Waals surface area contributed by atoms with Gasteiger partial charge in [-0.2, -0.15) is 5.10 Å². The first kappa shape index (κ1) is 21.3. The highest BCUT2D eigenvalue weighted by atomic mass is 16.2. The largest absolute Gasteiger partial charge is 0.335 e. The molecule has 5 nitrogen and oxygen atoms in total. The van der Waals surface area contributed by atoms with E-state index in [2.05, 4.69) is 74.1 Å². The molecular formula is C26H32N4O. The molecule has 1 aliphatic heterocycles. The zero-order valence-electron chi connectivity index (χ0n) is 19.2. The van der Waals surface area contributed by atoms with E-state index >= 15 is 0 Å². The van der Waals surface area contributed by atoms with Crippen molar-refractivity contribution in [2.45, 2.75) is 33.7 Å². The number of carbonyl (C=O) groups is 1. The van der Waals surface area contributed by atoms with Crippen molar-refractivity contribution in [2.75, 3.05) is 26.2 Å². The zero-order valence-corrected chi connectivity index (χ0v) is 19.2. The van der Waals surface area contributed by atoms with Crippen molar-refractivity contribution in [2.24, 2.45) is 7.05 Å². The van der Waals surface area contributed by atoms with Gasteiger partial charge in [-0.25, -0.2) is 0 Å². The minimum absolute atomic E-state index is 0.0243. The molecule has 5 heteroatoms. The Balaban J connectivity index is 1.48. The number of benzene rings is 2. The molecule has 1 amide bonds. The lowest BCUT2D eigenvalue weighted by atomic mass is 9.97. The van der Waals surface area contributed by atoms with Crippen molar-refractivity contribution in [3.8, 4) is 11.3 Å². The molecule has 3 aromatic rings. The third-order valence-corrected chi connectivity index (χ3v) is 6.46. The van der Waals surface area contributed by atoms with Crippen LogP contribution >= 0.6 is 0 Å². The van der Waals surface area contributed by atoms with Crippen molar-refractivity contribution in [1.82, 2.24) is 19.6 Å². The first-order valence-corrected chi connectivity index (χ1v) is 11.1. The highest BCUT2D eigenvalue weighted by molar-refractivity contribution is 5.93. The third-order valence-electron chi connectivity index (χ3n) is 6.46. The maximum Gasteiger partial charge on any atom is 0.274 e. The molecule has 2 aromatic carbocycles. The van der Waals surface area contributed by atoms with E-state index < -0.39 is 0 Å². The smallest absolute Gasteiger partial charge is 0.274 e. The number of amides is 1. The molecule has 162 valence electrons. The second-order valence-corrected chi connectivity index (χ2v) is 8.73. The number of rotatable bonds is 4. The van der Waals surface area contributed by atoms with Crippen molar-refractivity contribution >= 4 is 5.91 Å². The highest BCUT2D eigenvalue weighted by Crippen LogP contribution is 2.29. The Morgan fingerprint density at radius 1 is 0.935 bits per heavy atom. The summed E-state index contributed by atoms with van der Waals surface area (Å²) >= 11 is 0. The van der Waals surface area contributed by atoms with Gasteiger partial charge in [0.15, 0.2) is 5.69 Å². The molecule has 0 unspecified atom stereocenters. The van der Waals surface area contributed by atoms with Gasteiger partial charge < -0.3 is 4.90 Å². The second-order valence-electron chi connectivity index (χ2n) is 8.73. The number of aryl methyl sites for hydroxylation is 4. The van der Waals surface area contributed by atoms with Crippen LogP contribution in [0, 0.1) is 20.8 Å². The van der Waals surface area contributed by atoms with Crippen molar-refractivity contribution in [1.29, 1.82) is 0 Å². The van der Waals surface area contributed by atoms with Gasteiger partial charge in [-0.15, -0.1) is 0 Å². The molecule has 1 saturated heterocycles. The van der Waals surface area contributed by atoms with E-state index in [1.165, 1.54) is 27.8 Å². The molecular weight excluding hydrogens is 384 g/mol. The fourth-order valence-electron chi connectivity index (χ4n) is 4.81. The topological polar surface area (TPSA) is 41.4 Å². The van der Waals surface area contributed by atoms with E-state index in [4.69, 9.17) is 0 Å². The number of carbonyl (C=O) groups excluding carboxylic acids is 1. The van der Waals surface area contributed by atoms with E-state index in [1.54, 1.807) is 0 Å². The summed E-state index contributed by atoms with van der Waals surface area (Å²) < 4.78 is 1.84. The molecule has 0 N–H and O–H groups in total. The Bertz CT molecular complexity index is 1060. The fraction of sp³-hybridized carbons (Fsp3) is 0.385. The lowest BCUT2D eigenvalue weighted by molar-refractivity contribution is 0.0576. The molecule has 0 radical (unpaired) electrons. The molecule has 4 rings (SSSR count). The fourth-order valence-corrected chi connectivity index (χ4v) is 4.81. The first-order chi connectivity index (χ1) is 14.8. The van der Waals surface area contributed by atoms with E-state index in [-0.39, 0.29) is 5.91 Å². The Morgan fingerprint density at radius 2 is 1.55 bits per heavy atom. The molecule has 2 heterocycles. The molecule has 0 aliphatic carbocycles. The molecule has 1 atom stereocenters. The number of nitrogens with zero attached hydrogens (tertiary/aromatic N) is 4. The quantitative estimate of drug-likeness (QED) is 0.627. The lowest BCUT2D eigenvalue weighted by Gasteiger charge is -2.38. The van der Waals surface area contributed by atoms with Crippen LogP contribution in [0.2, 0.25) is 0 Å². The van der Waals surface area contributed by atoms with E-state index in [1.807, 2.05) is 28.8 Å². The maximum atomic E-state index is 13.2. The maximum absolute atomic E-state index is 13.2. The summed E-state index contributed by atoms with van der Waals surface area (Å²) in [5, 5.41) is 4.58. The van der Waals surface area contributed by atoms with Gasteiger partial charge in [-0.1, -0.05) is 48.0 Å². The number of hydrogen-bond acceptors (Lipinski definition) is 3. The van der Waals surface area contributed by atoms with Crippen LogP contribution in [-0.2, 0) is 7.05 Å². The molecule has 1 aromatic heterocycles. The molecule has 0 saturated carbocycles. The lowest BCUT2D eigenvalue weighted by Crippen LogP contribution is -2.49. The van der Waals surface area contributed by atoms with Crippen molar-refractivity contribution < 1.29 is 4.79 Å². The third kappa shape index (κ3) is 4.28. The van der Waals surface area contributed by atoms with Crippen LogP contribution < -0.4 is 0 Å². The normalized spacial score (nSPS) is 15.8. The van der Waals surface area contributed by atoms with Gasteiger partial charge in [-0.05, 0) is 50.5 Å². The average Bonchev–Trinajstić information content (AvgIpc) is 3.14. The summed E-state index contributed by atoms with van der Waals surface area (Å²) in [6.07, 6.45) is 0. The van der Waals surface area contributed by atoms with Crippen LogP contribution in [0.15, 0.2) is 48.5 Å². The molecule has 0 spiro atoms. The standard InChI is InChI=1S/C26H32N4O/c1-18-15-19(2)25(20(3)16-18)24-17-23(27-28(24)5)26(31)30-13-11-29(12-14-30)21(4)22-9-7-6-8-10-22/h6-10,15-17,21H,11-14H2,1-5H3/t21-/m0/s1. The average molecular weight is 417 g/mol. The van der Waals surface area contributed by atoms with Crippen LogP contribution in [0.4, 0.5) is 0 Å². The number of aromatic nitrogens is 2. The van der Waals surface area contributed by atoms with E-state index in [0.717, 1.165) is 31.9 Å². The Morgan fingerprint density at radius 3 is 2.16 bits per heavy atom.